The van der Waals surface area contributed by atoms with Crippen molar-refractivity contribution in [1.29, 1.82) is 0 Å². The summed E-state index contributed by atoms with van der Waals surface area (Å²) in [4.78, 5) is 25.1. The molecule has 0 bridgehead atoms. The first-order valence-electron chi connectivity index (χ1n) is 8.54. The molecule has 0 saturated heterocycles. The molecule has 0 fully saturated rings. The van der Waals surface area contributed by atoms with Gasteiger partial charge >= 0.3 is 0 Å². The number of para-hydroxylation sites is 1. The van der Waals surface area contributed by atoms with Crippen LogP contribution in [0, 0.1) is 0 Å². The van der Waals surface area contributed by atoms with Crippen molar-refractivity contribution in [2.24, 2.45) is 0 Å². The molecule has 0 atom stereocenters. The third kappa shape index (κ3) is 3.90. The molecule has 132 valence electrons. The molecule has 27 heavy (non-hydrogen) atoms. The highest BCUT2D eigenvalue weighted by molar-refractivity contribution is 5.94. The van der Waals surface area contributed by atoms with E-state index in [1.165, 1.54) is 12.4 Å². The number of fused-ring (bicyclic) bond motifs is 1. The van der Waals surface area contributed by atoms with Gasteiger partial charge in [0.25, 0.3) is 5.91 Å². The summed E-state index contributed by atoms with van der Waals surface area (Å²) in [5, 5.41) is 7.04. The van der Waals surface area contributed by atoms with Gasteiger partial charge in [-0.25, -0.2) is 9.97 Å². The van der Waals surface area contributed by atoms with Crippen molar-refractivity contribution in [3.63, 3.8) is 0 Å². The molecule has 0 aliphatic carbocycles. The van der Waals surface area contributed by atoms with Crippen LogP contribution >= 0.6 is 0 Å². The van der Waals surface area contributed by atoms with Gasteiger partial charge in [-0.1, -0.05) is 48.5 Å². The maximum atomic E-state index is 12.2. The maximum absolute atomic E-state index is 12.2. The van der Waals surface area contributed by atoms with Gasteiger partial charge in [-0.3, -0.25) is 9.78 Å². The van der Waals surface area contributed by atoms with Crippen molar-refractivity contribution in [2.45, 2.75) is 6.54 Å². The molecule has 2 heterocycles. The SMILES string of the molecule is O=C(NCc1ccccc1)c1cnc(Nc2cccc3cccnc23)nc1. The van der Waals surface area contributed by atoms with E-state index in [9.17, 15) is 4.79 Å². The van der Waals surface area contributed by atoms with Crippen molar-refractivity contribution in [1.82, 2.24) is 20.3 Å². The summed E-state index contributed by atoms with van der Waals surface area (Å²) in [6.45, 7) is 0.460. The number of rotatable bonds is 5. The van der Waals surface area contributed by atoms with Gasteiger partial charge in [-0.05, 0) is 17.7 Å². The Kier molecular flexibility index (Phi) is 4.70. The summed E-state index contributed by atoms with van der Waals surface area (Å²) in [7, 11) is 0. The normalized spacial score (nSPS) is 10.5. The third-order valence-electron chi connectivity index (χ3n) is 4.09. The Hall–Kier alpha value is -3.80. The van der Waals surface area contributed by atoms with Crippen LogP contribution in [-0.4, -0.2) is 20.9 Å². The van der Waals surface area contributed by atoms with Crippen LogP contribution in [0.2, 0.25) is 0 Å². The molecule has 4 aromatic rings. The molecular formula is C21H17N5O. The Morgan fingerprint density at radius 2 is 1.63 bits per heavy atom. The quantitative estimate of drug-likeness (QED) is 0.571. The summed E-state index contributed by atoms with van der Waals surface area (Å²) in [5.74, 6) is 0.199. The average Bonchev–Trinajstić information content (AvgIpc) is 2.74. The van der Waals surface area contributed by atoms with Crippen molar-refractivity contribution < 1.29 is 4.79 Å². The van der Waals surface area contributed by atoms with Crippen molar-refractivity contribution in [3.05, 3.63) is 90.4 Å². The minimum Gasteiger partial charge on any atom is -0.348 e. The van der Waals surface area contributed by atoms with Crippen molar-refractivity contribution in [3.8, 4) is 0 Å². The van der Waals surface area contributed by atoms with E-state index in [0.29, 0.717) is 18.1 Å². The Morgan fingerprint density at radius 1 is 0.852 bits per heavy atom. The molecular weight excluding hydrogens is 338 g/mol. The lowest BCUT2D eigenvalue weighted by atomic mass is 10.2. The van der Waals surface area contributed by atoms with Crippen LogP contribution in [-0.2, 0) is 6.54 Å². The number of hydrogen-bond donors (Lipinski definition) is 2. The van der Waals surface area contributed by atoms with Gasteiger partial charge in [0, 0.05) is 30.5 Å². The monoisotopic (exact) mass is 355 g/mol. The lowest BCUT2D eigenvalue weighted by Gasteiger charge is -2.08. The Balaban J connectivity index is 1.45. The molecule has 2 N–H and O–H groups in total. The number of anilines is 2. The lowest BCUT2D eigenvalue weighted by molar-refractivity contribution is 0.0950. The molecule has 6 heteroatoms. The molecule has 0 spiro atoms. The molecule has 1 amide bonds. The highest BCUT2D eigenvalue weighted by atomic mass is 16.1. The minimum absolute atomic E-state index is 0.211. The molecule has 6 nitrogen and oxygen atoms in total. The summed E-state index contributed by atoms with van der Waals surface area (Å²) >= 11 is 0. The lowest BCUT2D eigenvalue weighted by Crippen LogP contribution is -2.23. The number of carbonyl (C=O) groups excluding carboxylic acids is 1. The smallest absolute Gasteiger partial charge is 0.254 e. The van der Waals surface area contributed by atoms with E-state index in [0.717, 1.165) is 22.2 Å². The van der Waals surface area contributed by atoms with Gasteiger partial charge in [-0.2, -0.15) is 0 Å². The van der Waals surface area contributed by atoms with Crippen LogP contribution in [0.1, 0.15) is 15.9 Å². The number of hydrogen-bond acceptors (Lipinski definition) is 5. The average molecular weight is 355 g/mol. The molecule has 4 rings (SSSR count). The topological polar surface area (TPSA) is 79.8 Å². The van der Waals surface area contributed by atoms with Gasteiger partial charge in [0.15, 0.2) is 0 Å². The van der Waals surface area contributed by atoms with Gasteiger partial charge in [-0.15, -0.1) is 0 Å². The van der Waals surface area contributed by atoms with Crippen LogP contribution in [0.3, 0.4) is 0 Å². The van der Waals surface area contributed by atoms with Crippen LogP contribution in [0.25, 0.3) is 10.9 Å². The van der Waals surface area contributed by atoms with E-state index < -0.39 is 0 Å². The number of aromatic nitrogens is 3. The fourth-order valence-corrected chi connectivity index (χ4v) is 2.72. The van der Waals surface area contributed by atoms with Gasteiger partial charge in [0.2, 0.25) is 5.95 Å². The highest BCUT2D eigenvalue weighted by Gasteiger charge is 2.08. The third-order valence-corrected chi connectivity index (χ3v) is 4.09. The summed E-state index contributed by atoms with van der Waals surface area (Å²) in [6, 6.07) is 19.5. The standard InChI is InChI=1S/C21H17N5O/c27-20(23-12-15-6-2-1-3-7-15)17-13-24-21(25-14-17)26-18-10-4-8-16-9-5-11-22-19(16)18/h1-11,13-14H,12H2,(H,23,27)(H,24,25,26). The summed E-state index contributed by atoms with van der Waals surface area (Å²) < 4.78 is 0. The second-order valence-corrected chi connectivity index (χ2v) is 5.97. The largest absolute Gasteiger partial charge is 0.348 e. The van der Waals surface area contributed by atoms with E-state index in [1.54, 1.807) is 6.20 Å². The predicted octanol–water partition coefficient (Wildman–Crippen LogP) is 3.70. The summed E-state index contributed by atoms with van der Waals surface area (Å²) in [6.07, 6.45) is 4.76. The molecule has 0 saturated carbocycles. The molecule has 0 aliphatic rings. The summed E-state index contributed by atoms with van der Waals surface area (Å²) in [5.41, 5.74) is 3.10. The first kappa shape index (κ1) is 16.7. The number of amides is 1. The first-order chi connectivity index (χ1) is 13.3. The zero-order chi connectivity index (χ0) is 18.5. The molecule has 0 aliphatic heterocycles. The van der Waals surface area contributed by atoms with Crippen LogP contribution in [0.4, 0.5) is 11.6 Å². The van der Waals surface area contributed by atoms with E-state index in [2.05, 4.69) is 25.6 Å². The van der Waals surface area contributed by atoms with Crippen LogP contribution < -0.4 is 10.6 Å². The predicted molar refractivity (Wildman–Crippen MR) is 105 cm³/mol. The van der Waals surface area contributed by atoms with E-state index in [4.69, 9.17) is 0 Å². The number of pyridine rings is 1. The van der Waals surface area contributed by atoms with Crippen LogP contribution in [0.15, 0.2) is 79.3 Å². The molecule has 2 aromatic heterocycles. The molecule has 0 radical (unpaired) electrons. The fourth-order valence-electron chi connectivity index (χ4n) is 2.72. The Morgan fingerprint density at radius 3 is 2.44 bits per heavy atom. The van der Waals surface area contributed by atoms with E-state index in [1.807, 2.05) is 60.7 Å². The van der Waals surface area contributed by atoms with Crippen molar-refractivity contribution >= 4 is 28.4 Å². The Bertz CT molecular complexity index is 1060. The minimum atomic E-state index is -0.211. The number of nitrogens with zero attached hydrogens (tertiary/aromatic N) is 3. The maximum Gasteiger partial charge on any atom is 0.254 e. The zero-order valence-electron chi connectivity index (χ0n) is 14.5. The van der Waals surface area contributed by atoms with Gasteiger partial charge < -0.3 is 10.6 Å². The number of benzene rings is 2. The van der Waals surface area contributed by atoms with Crippen molar-refractivity contribution in [2.75, 3.05) is 5.32 Å². The Labute approximate surface area is 156 Å². The molecule has 2 aromatic carbocycles. The fraction of sp³-hybridized carbons (Fsp3) is 0.0476. The molecule has 0 unspecified atom stereocenters. The van der Waals surface area contributed by atoms with E-state index >= 15 is 0 Å². The van der Waals surface area contributed by atoms with E-state index in [-0.39, 0.29) is 5.91 Å². The second-order valence-electron chi connectivity index (χ2n) is 5.97. The number of nitrogens with one attached hydrogen (secondary N) is 2. The first-order valence-corrected chi connectivity index (χ1v) is 8.54. The highest BCUT2D eigenvalue weighted by Crippen LogP contribution is 2.22. The second kappa shape index (κ2) is 7.61. The van der Waals surface area contributed by atoms with Gasteiger partial charge in [0.1, 0.15) is 0 Å². The number of carbonyl (C=O) groups is 1. The van der Waals surface area contributed by atoms with Crippen LogP contribution in [0.5, 0.6) is 0 Å². The van der Waals surface area contributed by atoms with Gasteiger partial charge in [0.05, 0.1) is 16.8 Å². The zero-order valence-corrected chi connectivity index (χ0v) is 14.5.